The average molecular weight is 741 g/mol. The fraction of sp³-hybridized carbons (Fsp3) is 0.786. The number of aliphatic hydroxyl groups is 5. The minimum Gasteiger partial charge on any atom is -0.431 e. The maximum atomic E-state index is 12.9. The molecule has 0 aromatic heterocycles. The van der Waals surface area contributed by atoms with Gasteiger partial charge in [-0.2, -0.15) is 0 Å². The number of carbonyl (C=O) groups excluding carboxylic acids is 1. The molecule has 0 bridgehead atoms. The second-order valence-electron chi connectivity index (χ2n) is 18.1. The van der Waals surface area contributed by atoms with Gasteiger partial charge < -0.3 is 49.2 Å². The van der Waals surface area contributed by atoms with Crippen molar-refractivity contribution in [1.29, 1.82) is 0 Å². The van der Waals surface area contributed by atoms with E-state index in [-0.39, 0.29) is 60.4 Å². The quantitative estimate of drug-likeness (QED) is 0.207. The molecule has 5 unspecified atom stereocenters. The molecule has 53 heavy (non-hydrogen) atoms. The highest BCUT2D eigenvalue weighted by Gasteiger charge is 2.71. The Morgan fingerprint density at radius 2 is 1.51 bits per heavy atom. The minimum atomic E-state index is -1.04. The largest absolute Gasteiger partial charge is 0.431 e. The summed E-state index contributed by atoms with van der Waals surface area (Å²) in [4.78, 5) is 12.7. The van der Waals surface area contributed by atoms with E-state index in [0.29, 0.717) is 24.5 Å². The molecular weight excluding hydrogens is 680 g/mol. The fourth-order valence-corrected chi connectivity index (χ4v) is 12.5. The molecular formula is C42H60O11. The molecule has 3 aliphatic heterocycles. The van der Waals surface area contributed by atoms with Gasteiger partial charge in [0.05, 0.1) is 48.6 Å². The summed E-state index contributed by atoms with van der Waals surface area (Å²) < 4.78 is 30.4. The Hall–Kier alpha value is -1.93. The van der Waals surface area contributed by atoms with Gasteiger partial charge in [0.15, 0.2) is 12.6 Å². The second-order valence-corrected chi connectivity index (χ2v) is 18.1. The molecule has 4 aliphatic carbocycles. The summed E-state index contributed by atoms with van der Waals surface area (Å²) in [5, 5.41) is 56.4. The number of rotatable bonds is 6. The first-order valence-corrected chi connectivity index (χ1v) is 20.2. The van der Waals surface area contributed by atoms with Crippen LogP contribution in [0.3, 0.4) is 0 Å². The molecule has 1 aromatic rings. The van der Waals surface area contributed by atoms with Crippen molar-refractivity contribution in [2.24, 2.45) is 40.4 Å². The van der Waals surface area contributed by atoms with Crippen molar-refractivity contribution in [3.05, 3.63) is 41.7 Å². The molecule has 5 N–H and O–H groups in total. The summed E-state index contributed by atoms with van der Waals surface area (Å²) in [6, 6.07) is 9.88. The molecule has 1 aromatic carbocycles. The van der Waals surface area contributed by atoms with Gasteiger partial charge in [-0.25, -0.2) is 0 Å². The fourth-order valence-electron chi connectivity index (χ4n) is 12.5. The lowest BCUT2D eigenvalue weighted by Crippen LogP contribution is -2.67. The summed E-state index contributed by atoms with van der Waals surface area (Å²) in [6.07, 6.45) is 2.50. The van der Waals surface area contributed by atoms with E-state index < -0.39 is 66.3 Å². The molecule has 0 spiro atoms. The Bertz CT molecular complexity index is 1500. The number of fused-ring (bicyclic) bond motifs is 5. The van der Waals surface area contributed by atoms with Crippen LogP contribution in [0, 0.1) is 40.4 Å². The van der Waals surface area contributed by atoms with Gasteiger partial charge in [0.2, 0.25) is 0 Å². The number of hydrogen-bond acceptors (Lipinski definition) is 11. The highest BCUT2D eigenvalue weighted by Crippen LogP contribution is 2.70. The molecule has 11 nitrogen and oxygen atoms in total. The normalized spacial score (nSPS) is 52.1. The number of ether oxygens (including phenoxy) is 5. The molecule has 7 aliphatic rings. The highest BCUT2D eigenvalue weighted by molar-refractivity contribution is 5.76. The van der Waals surface area contributed by atoms with E-state index >= 15 is 0 Å². The number of cyclic esters (lactones) is 1. The molecule has 3 saturated heterocycles. The highest BCUT2D eigenvalue weighted by atomic mass is 16.7. The van der Waals surface area contributed by atoms with E-state index in [1.165, 1.54) is 0 Å². The van der Waals surface area contributed by atoms with Crippen LogP contribution in [0.25, 0.3) is 6.08 Å². The number of carbonyl (C=O) groups is 1. The summed E-state index contributed by atoms with van der Waals surface area (Å²) in [7, 11) is 0. The zero-order valence-corrected chi connectivity index (χ0v) is 31.6. The number of aliphatic hydroxyl groups excluding tert-OH is 4. The minimum absolute atomic E-state index is 0.0295. The van der Waals surface area contributed by atoms with Crippen molar-refractivity contribution in [3.63, 3.8) is 0 Å². The first-order chi connectivity index (χ1) is 25.2. The van der Waals surface area contributed by atoms with Crippen molar-refractivity contribution in [2.75, 3.05) is 0 Å². The van der Waals surface area contributed by atoms with Crippen molar-refractivity contribution in [1.82, 2.24) is 0 Å². The first-order valence-electron chi connectivity index (χ1n) is 20.2. The molecule has 4 saturated carbocycles. The zero-order chi connectivity index (χ0) is 37.4. The summed E-state index contributed by atoms with van der Waals surface area (Å²) in [5.41, 5.74) is -0.883. The van der Waals surface area contributed by atoms with Crippen molar-refractivity contribution in [3.8, 4) is 0 Å². The molecule has 7 fully saturated rings. The third kappa shape index (κ3) is 6.44. The van der Waals surface area contributed by atoms with Crippen LogP contribution in [0.4, 0.5) is 0 Å². The zero-order valence-electron chi connectivity index (χ0n) is 31.6. The summed E-state index contributed by atoms with van der Waals surface area (Å²) in [5.74, 6) is 0.766. The van der Waals surface area contributed by atoms with Gasteiger partial charge in [-0.05, 0) is 106 Å². The van der Waals surface area contributed by atoms with Gasteiger partial charge in [0, 0.05) is 24.2 Å². The Kier molecular flexibility index (Phi) is 10.2. The lowest BCUT2D eigenvalue weighted by atomic mass is 9.42. The van der Waals surface area contributed by atoms with Crippen LogP contribution in [0.5, 0.6) is 0 Å². The molecule has 0 amide bonds. The van der Waals surface area contributed by atoms with Gasteiger partial charge in [0.25, 0.3) is 0 Å². The molecule has 294 valence electrons. The van der Waals surface area contributed by atoms with E-state index in [1.54, 1.807) is 6.92 Å². The van der Waals surface area contributed by atoms with E-state index in [4.69, 9.17) is 23.7 Å². The molecule has 8 rings (SSSR count). The Balaban J connectivity index is 0.915. The lowest BCUT2D eigenvalue weighted by Gasteiger charge is -2.65. The van der Waals surface area contributed by atoms with E-state index in [0.717, 1.165) is 44.1 Å². The summed E-state index contributed by atoms with van der Waals surface area (Å²) in [6.45, 7) is 7.98. The van der Waals surface area contributed by atoms with Crippen LogP contribution < -0.4 is 0 Å². The molecule has 0 radical (unpaired) electrons. The van der Waals surface area contributed by atoms with Crippen LogP contribution >= 0.6 is 0 Å². The second kappa shape index (κ2) is 14.2. The van der Waals surface area contributed by atoms with Crippen LogP contribution in [0.15, 0.2) is 36.1 Å². The maximum Gasteiger partial charge on any atom is 0.311 e. The van der Waals surface area contributed by atoms with E-state index in [1.807, 2.05) is 43.3 Å². The van der Waals surface area contributed by atoms with Crippen LogP contribution in [-0.2, 0) is 28.5 Å². The molecule has 18 atom stereocenters. The Morgan fingerprint density at radius 1 is 0.792 bits per heavy atom. The van der Waals surface area contributed by atoms with Crippen LogP contribution in [0.2, 0.25) is 0 Å². The van der Waals surface area contributed by atoms with E-state index in [9.17, 15) is 30.3 Å². The van der Waals surface area contributed by atoms with Crippen molar-refractivity contribution < 1.29 is 54.0 Å². The van der Waals surface area contributed by atoms with Crippen molar-refractivity contribution >= 4 is 12.0 Å². The number of esters is 1. The smallest absolute Gasteiger partial charge is 0.311 e. The average Bonchev–Trinajstić information content (AvgIpc) is 3.61. The van der Waals surface area contributed by atoms with Crippen molar-refractivity contribution in [2.45, 2.75) is 165 Å². The standard InChI is InChI=1S/C42H60O11/c1-22-38(47)31(43)20-37(49-22)53-39-23(2)50-36(21-32(39)44)51-26-12-14-40(3)25(17-26)10-11-29-30(40)19-34(45)41(4)28(13-15-42(29,41)48)27-18-35(46)52-33(27)16-24-8-6-5-7-9-24/h5-9,16,22-23,25-32,34,36-39,43-45,47-48H,10-15,17-21H2,1-4H3/t22?,23?,25-,26+,27?,28-,29-,30+,31-,32-,34-,36+,37-,38?,39?,40+,41+,42+/m1/s1. The lowest BCUT2D eigenvalue weighted by molar-refractivity contribution is -0.318. The monoisotopic (exact) mass is 740 g/mol. The first kappa shape index (κ1) is 38.0. The van der Waals surface area contributed by atoms with Gasteiger partial charge >= 0.3 is 5.97 Å². The van der Waals surface area contributed by atoms with E-state index in [2.05, 4.69) is 13.8 Å². The third-order valence-corrected chi connectivity index (χ3v) is 15.5. The SMILES string of the molecule is CC1O[C@H](OC2C(C)O[C@@H](O[C@H]3CC[C@@]4(C)[C@H](CC[C@@H]5[C@@H]4C[C@@H](O)[C@]4(C)[C@@H](C6CC(=O)OC6=Cc6ccccc6)CC[C@]54O)C3)C[C@H]2O)C[C@@H](O)C1O. The Labute approximate surface area is 313 Å². The van der Waals surface area contributed by atoms with Crippen LogP contribution in [0.1, 0.15) is 104 Å². The third-order valence-electron chi connectivity index (χ3n) is 15.5. The van der Waals surface area contributed by atoms with Gasteiger partial charge in [-0.15, -0.1) is 0 Å². The molecule has 11 heteroatoms. The van der Waals surface area contributed by atoms with Gasteiger partial charge in [-0.1, -0.05) is 44.2 Å². The predicted octanol–water partition coefficient (Wildman–Crippen LogP) is 4.46. The number of allylic oxidation sites excluding steroid dienone is 1. The summed E-state index contributed by atoms with van der Waals surface area (Å²) >= 11 is 0. The number of benzene rings is 1. The Morgan fingerprint density at radius 3 is 2.25 bits per heavy atom. The topological polar surface area (TPSA) is 164 Å². The molecule has 3 heterocycles. The van der Waals surface area contributed by atoms with Gasteiger partial charge in [-0.3, -0.25) is 4.79 Å². The van der Waals surface area contributed by atoms with Crippen LogP contribution in [-0.4, -0.2) is 98.5 Å². The number of hydrogen-bond donors (Lipinski definition) is 5. The maximum absolute atomic E-state index is 12.9. The predicted molar refractivity (Wildman–Crippen MR) is 192 cm³/mol. The van der Waals surface area contributed by atoms with Gasteiger partial charge in [0.1, 0.15) is 18.0 Å².